The van der Waals surface area contributed by atoms with E-state index >= 15 is 0 Å². The first-order chi connectivity index (χ1) is 11.6. The zero-order valence-corrected chi connectivity index (χ0v) is 15.5. The molecule has 2 heterocycles. The van der Waals surface area contributed by atoms with E-state index < -0.39 is 0 Å². The zero-order chi connectivity index (χ0) is 16.9. The minimum atomic E-state index is 0.0100. The maximum absolute atomic E-state index is 12.1. The van der Waals surface area contributed by atoms with E-state index in [2.05, 4.69) is 21.2 Å². The maximum atomic E-state index is 12.1. The summed E-state index contributed by atoms with van der Waals surface area (Å²) in [7, 11) is 0. The fraction of sp³-hybridized carbons (Fsp3) is 0.353. The Morgan fingerprint density at radius 3 is 2.29 bits per heavy atom. The first-order valence-corrected chi connectivity index (χ1v) is 9.40. The van der Waals surface area contributed by atoms with Crippen LogP contribution >= 0.6 is 34.5 Å². The molecule has 1 saturated heterocycles. The molecule has 1 aromatic carbocycles. The first-order valence-electron chi connectivity index (χ1n) is 7.83. The van der Waals surface area contributed by atoms with Crippen LogP contribution < -0.4 is 5.32 Å². The number of thiophene rings is 1. The molecule has 0 radical (unpaired) electrons. The average Bonchev–Trinajstić information content (AvgIpc) is 2.96. The Labute approximate surface area is 156 Å². The highest BCUT2D eigenvalue weighted by Gasteiger charge is 2.19. The Kier molecular flexibility index (Phi) is 6.14. The van der Waals surface area contributed by atoms with Gasteiger partial charge in [-0.15, -0.1) is 11.3 Å². The second-order valence-electron chi connectivity index (χ2n) is 5.81. The Morgan fingerprint density at radius 1 is 1.00 bits per heavy atom. The lowest BCUT2D eigenvalue weighted by molar-refractivity contribution is -0.117. The summed E-state index contributed by atoms with van der Waals surface area (Å²) < 4.78 is 0.836. The predicted molar refractivity (Wildman–Crippen MR) is 101 cm³/mol. The Balaban J connectivity index is 1.41. The molecule has 3 rings (SSSR count). The van der Waals surface area contributed by atoms with Crippen LogP contribution in [-0.2, 0) is 11.3 Å². The molecule has 0 unspecified atom stereocenters. The number of piperazine rings is 1. The fourth-order valence-electron chi connectivity index (χ4n) is 2.70. The van der Waals surface area contributed by atoms with Gasteiger partial charge in [-0.25, -0.2) is 0 Å². The standard InChI is InChI=1S/C17H19Cl2N3OS/c18-13-1-3-14(4-2-13)20-17(23)12-22-9-7-21(8-10-22)11-15-5-6-16(19)24-15/h1-6H,7-12H2,(H,20,23). The van der Waals surface area contributed by atoms with Crippen LogP contribution in [0, 0.1) is 0 Å². The van der Waals surface area contributed by atoms with Gasteiger partial charge >= 0.3 is 0 Å². The van der Waals surface area contributed by atoms with Gasteiger partial charge in [0.05, 0.1) is 10.9 Å². The molecule has 24 heavy (non-hydrogen) atoms. The van der Waals surface area contributed by atoms with Crippen molar-refractivity contribution in [2.75, 3.05) is 38.0 Å². The van der Waals surface area contributed by atoms with Gasteiger partial charge in [-0.1, -0.05) is 23.2 Å². The third kappa shape index (κ3) is 5.19. The molecule has 0 bridgehead atoms. The molecule has 1 fully saturated rings. The van der Waals surface area contributed by atoms with Gasteiger partial charge in [0.25, 0.3) is 0 Å². The molecule has 0 atom stereocenters. The van der Waals surface area contributed by atoms with Crippen LogP contribution in [-0.4, -0.2) is 48.4 Å². The average molecular weight is 384 g/mol. The maximum Gasteiger partial charge on any atom is 0.238 e. The van der Waals surface area contributed by atoms with Crippen molar-refractivity contribution in [3.63, 3.8) is 0 Å². The van der Waals surface area contributed by atoms with Crippen molar-refractivity contribution in [3.05, 3.63) is 50.6 Å². The SMILES string of the molecule is O=C(CN1CCN(Cc2ccc(Cl)s2)CC1)Nc1ccc(Cl)cc1. The molecule has 1 amide bonds. The van der Waals surface area contributed by atoms with Crippen molar-refractivity contribution < 1.29 is 4.79 Å². The highest BCUT2D eigenvalue weighted by Crippen LogP contribution is 2.23. The number of carbonyl (C=O) groups excluding carboxylic acids is 1. The smallest absolute Gasteiger partial charge is 0.238 e. The first kappa shape index (κ1) is 17.7. The Morgan fingerprint density at radius 2 is 1.67 bits per heavy atom. The van der Waals surface area contributed by atoms with Crippen molar-refractivity contribution in [1.29, 1.82) is 0 Å². The highest BCUT2D eigenvalue weighted by atomic mass is 35.5. The van der Waals surface area contributed by atoms with Crippen molar-refractivity contribution in [3.8, 4) is 0 Å². The van der Waals surface area contributed by atoms with E-state index in [4.69, 9.17) is 23.2 Å². The van der Waals surface area contributed by atoms with Crippen molar-refractivity contribution in [2.45, 2.75) is 6.54 Å². The lowest BCUT2D eigenvalue weighted by Gasteiger charge is -2.34. The largest absolute Gasteiger partial charge is 0.325 e. The Bertz CT molecular complexity index is 681. The van der Waals surface area contributed by atoms with Crippen molar-refractivity contribution in [2.24, 2.45) is 0 Å². The number of nitrogens with zero attached hydrogens (tertiary/aromatic N) is 2. The van der Waals surface area contributed by atoms with Crippen LogP contribution in [0.2, 0.25) is 9.36 Å². The van der Waals surface area contributed by atoms with E-state index in [1.54, 1.807) is 23.5 Å². The number of hydrogen-bond acceptors (Lipinski definition) is 4. The number of halogens is 2. The van der Waals surface area contributed by atoms with E-state index in [1.165, 1.54) is 4.88 Å². The number of rotatable bonds is 5. The van der Waals surface area contributed by atoms with Gasteiger partial charge in [-0.3, -0.25) is 14.6 Å². The molecule has 2 aromatic rings. The molecule has 0 aliphatic carbocycles. The number of carbonyl (C=O) groups is 1. The number of anilines is 1. The molecule has 1 N–H and O–H groups in total. The van der Waals surface area contributed by atoms with Gasteiger partial charge in [0.15, 0.2) is 0 Å². The summed E-state index contributed by atoms with van der Waals surface area (Å²) in [5.41, 5.74) is 0.776. The van der Waals surface area contributed by atoms with E-state index in [0.29, 0.717) is 11.6 Å². The monoisotopic (exact) mass is 383 g/mol. The number of amides is 1. The zero-order valence-electron chi connectivity index (χ0n) is 13.2. The van der Waals surface area contributed by atoms with Gasteiger partial charge in [-0.05, 0) is 36.4 Å². The van der Waals surface area contributed by atoms with Gasteiger partial charge < -0.3 is 5.32 Å². The summed E-state index contributed by atoms with van der Waals surface area (Å²) in [5.74, 6) is 0.0100. The van der Waals surface area contributed by atoms with Gasteiger partial charge in [0.2, 0.25) is 5.91 Å². The second kappa shape index (κ2) is 8.32. The fourth-order valence-corrected chi connectivity index (χ4v) is 3.96. The summed E-state index contributed by atoms with van der Waals surface area (Å²) in [6.07, 6.45) is 0. The minimum Gasteiger partial charge on any atom is -0.325 e. The van der Waals surface area contributed by atoms with Crippen LogP contribution in [0.4, 0.5) is 5.69 Å². The predicted octanol–water partition coefficient (Wildman–Crippen LogP) is 3.81. The summed E-state index contributed by atoms with van der Waals surface area (Å²) >= 11 is 13.5. The molecular weight excluding hydrogens is 365 g/mol. The number of benzene rings is 1. The normalized spacial score (nSPS) is 16.2. The molecule has 1 aliphatic rings. The molecule has 7 heteroatoms. The van der Waals surface area contributed by atoms with Crippen LogP contribution in [0.3, 0.4) is 0 Å². The molecule has 1 aromatic heterocycles. The number of hydrogen-bond donors (Lipinski definition) is 1. The minimum absolute atomic E-state index is 0.0100. The van der Waals surface area contributed by atoms with Crippen LogP contribution in [0.25, 0.3) is 0 Å². The van der Waals surface area contributed by atoms with Crippen LogP contribution in [0.15, 0.2) is 36.4 Å². The van der Waals surface area contributed by atoms with Gasteiger partial charge in [0.1, 0.15) is 0 Å². The summed E-state index contributed by atoms with van der Waals surface area (Å²) in [6, 6.07) is 11.2. The molecule has 0 saturated carbocycles. The van der Waals surface area contributed by atoms with Crippen LogP contribution in [0.5, 0.6) is 0 Å². The lowest BCUT2D eigenvalue weighted by atomic mass is 10.3. The molecule has 128 valence electrons. The van der Waals surface area contributed by atoms with Crippen LogP contribution in [0.1, 0.15) is 4.88 Å². The molecule has 4 nitrogen and oxygen atoms in total. The highest BCUT2D eigenvalue weighted by molar-refractivity contribution is 7.16. The summed E-state index contributed by atoms with van der Waals surface area (Å²) in [4.78, 5) is 18.0. The Hall–Kier alpha value is -1.11. The summed E-state index contributed by atoms with van der Waals surface area (Å²) in [5, 5.41) is 3.57. The van der Waals surface area contributed by atoms with Crippen molar-refractivity contribution >= 4 is 46.1 Å². The molecular formula is C17H19Cl2N3OS. The topological polar surface area (TPSA) is 35.6 Å². The van der Waals surface area contributed by atoms with E-state index in [-0.39, 0.29) is 5.91 Å². The third-order valence-electron chi connectivity index (χ3n) is 3.97. The van der Waals surface area contributed by atoms with E-state index in [1.807, 2.05) is 18.2 Å². The summed E-state index contributed by atoms with van der Waals surface area (Å²) in [6.45, 7) is 5.07. The second-order valence-corrected chi connectivity index (χ2v) is 8.05. The quantitative estimate of drug-likeness (QED) is 0.852. The van der Waals surface area contributed by atoms with E-state index in [9.17, 15) is 4.79 Å². The van der Waals surface area contributed by atoms with Gasteiger partial charge in [-0.2, -0.15) is 0 Å². The lowest BCUT2D eigenvalue weighted by Crippen LogP contribution is -2.48. The third-order valence-corrected chi connectivity index (χ3v) is 5.44. The van der Waals surface area contributed by atoms with Gasteiger partial charge in [0, 0.05) is 48.3 Å². The molecule has 0 spiro atoms. The van der Waals surface area contributed by atoms with Crippen molar-refractivity contribution in [1.82, 2.24) is 9.80 Å². The molecule has 1 aliphatic heterocycles. The van der Waals surface area contributed by atoms with E-state index in [0.717, 1.165) is 42.7 Å². The number of nitrogens with one attached hydrogen (secondary N) is 1.